The standard InChI is InChI=1S/C25H35N3O5/c1-16(23(30)27-15-20-5-3-4-6-21(20)32-2)33-22(29)7-8-26-24(31)28-25-12-17-9-18(13-25)11-19(10-17)14-25/h3-6,16-19H,7-15H2,1-2H3,(H,27,30)(H2,26,28,31). The van der Waals surface area contributed by atoms with E-state index in [1.807, 2.05) is 24.3 Å². The summed E-state index contributed by atoms with van der Waals surface area (Å²) in [4.78, 5) is 36.9. The molecule has 3 N–H and O–H groups in total. The second-order valence-corrected chi connectivity index (χ2v) is 9.99. The Labute approximate surface area is 195 Å². The van der Waals surface area contributed by atoms with Crippen LogP contribution in [0.25, 0.3) is 0 Å². The number of amides is 3. The SMILES string of the molecule is COc1ccccc1CNC(=O)C(C)OC(=O)CCNC(=O)NC12CC3CC(CC(C3)C1)C2. The van der Waals surface area contributed by atoms with Gasteiger partial charge in [0.25, 0.3) is 5.91 Å². The molecule has 8 nitrogen and oxygen atoms in total. The first kappa shape index (κ1) is 23.4. The number of hydrogen-bond acceptors (Lipinski definition) is 5. The van der Waals surface area contributed by atoms with E-state index in [-0.39, 0.29) is 37.0 Å². The fourth-order valence-corrected chi connectivity index (χ4v) is 6.31. The molecule has 1 unspecified atom stereocenters. The van der Waals surface area contributed by atoms with Crippen LogP contribution in [0.1, 0.15) is 57.4 Å². The number of carbonyl (C=O) groups is 3. The maximum absolute atomic E-state index is 12.5. The van der Waals surface area contributed by atoms with Crippen molar-refractivity contribution in [2.75, 3.05) is 13.7 Å². The van der Waals surface area contributed by atoms with Crippen molar-refractivity contribution in [1.82, 2.24) is 16.0 Å². The molecule has 0 radical (unpaired) electrons. The van der Waals surface area contributed by atoms with Crippen LogP contribution >= 0.6 is 0 Å². The van der Waals surface area contributed by atoms with Crippen LogP contribution in [0, 0.1) is 17.8 Å². The third kappa shape index (κ3) is 5.78. The highest BCUT2D eigenvalue weighted by Crippen LogP contribution is 2.55. The van der Waals surface area contributed by atoms with E-state index in [0.717, 1.165) is 42.6 Å². The Kier molecular flexibility index (Phi) is 7.10. The van der Waals surface area contributed by atoms with Gasteiger partial charge < -0.3 is 25.4 Å². The molecule has 0 heterocycles. The Morgan fingerprint density at radius 3 is 2.30 bits per heavy atom. The Morgan fingerprint density at radius 1 is 1.03 bits per heavy atom. The third-order valence-electron chi connectivity index (χ3n) is 7.35. The van der Waals surface area contributed by atoms with E-state index in [1.165, 1.54) is 26.2 Å². The summed E-state index contributed by atoms with van der Waals surface area (Å²) in [5.74, 6) is 2.03. The minimum Gasteiger partial charge on any atom is -0.496 e. The maximum Gasteiger partial charge on any atom is 0.315 e. The van der Waals surface area contributed by atoms with Crippen molar-refractivity contribution in [3.8, 4) is 5.75 Å². The quantitative estimate of drug-likeness (QED) is 0.495. The molecule has 0 aromatic heterocycles. The molecule has 1 atom stereocenters. The molecule has 33 heavy (non-hydrogen) atoms. The molecule has 0 aliphatic heterocycles. The van der Waals surface area contributed by atoms with Gasteiger partial charge in [-0.3, -0.25) is 9.59 Å². The van der Waals surface area contributed by atoms with Gasteiger partial charge in [-0.2, -0.15) is 0 Å². The predicted octanol–water partition coefficient (Wildman–Crippen LogP) is 2.90. The van der Waals surface area contributed by atoms with Crippen LogP contribution in [0.5, 0.6) is 5.75 Å². The molecule has 1 aromatic rings. The second kappa shape index (κ2) is 10.0. The molecular formula is C25H35N3O5. The van der Waals surface area contributed by atoms with Crippen molar-refractivity contribution in [3.63, 3.8) is 0 Å². The lowest BCUT2D eigenvalue weighted by Gasteiger charge is -2.56. The lowest BCUT2D eigenvalue weighted by atomic mass is 9.53. The molecule has 3 amide bonds. The van der Waals surface area contributed by atoms with Crippen molar-refractivity contribution in [1.29, 1.82) is 0 Å². The van der Waals surface area contributed by atoms with E-state index in [4.69, 9.17) is 9.47 Å². The number of methoxy groups -OCH3 is 1. The van der Waals surface area contributed by atoms with E-state index >= 15 is 0 Å². The van der Waals surface area contributed by atoms with Crippen LogP contribution in [0.15, 0.2) is 24.3 Å². The molecule has 0 saturated heterocycles. The summed E-state index contributed by atoms with van der Waals surface area (Å²) in [7, 11) is 1.57. The summed E-state index contributed by atoms with van der Waals surface area (Å²) in [6, 6.07) is 7.17. The van der Waals surface area contributed by atoms with E-state index in [9.17, 15) is 14.4 Å². The van der Waals surface area contributed by atoms with Gasteiger partial charge in [-0.1, -0.05) is 18.2 Å². The average Bonchev–Trinajstić information content (AvgIpc) is 2.76. The first-order chi connectivity index (χ1) is 15.9. The minimum absolute atomic E-state index is 0.0123. The van der Waals surface area contributed by atoms with Gasteiger partial charge in [-0.05, 0) is 69.3 Å². The zero-order chi connectivity index (χ0) is 23.4. The number of urea groups is 1. The summed E-state index contributed by atoms with van der Waals surface area (Å²) >= 11 is 0. The largest absolute Gasteiger partial charge is 0.496 e. The van der Waals surface area contributed by atoms with Crippen molar-refractivity contribution < 1.29 is 23.9 Å². The fourth-order valence-electron chi connectivity index (χ4n) is 6.31. The lowest BCUT2D eigenvalue weighted by molar-refractivity contribution is -0.154. The van der Waals surface area contributed by atoms with Gasteiger partial charge >= 0.3 is 12.0 Å². The summed E-state index contributed by atoms with van der Waals surface area (Å²) in [6.07, 6.45) is 6.28. The average molecular weight is 458 g/mol. The third-order valence-corrected chi connectivity index (χ3v) is 7.35. The van der Waals surface area contributed by atoms with Crippen LogP contribution in [-0.4, -0.2) is 43.2 Å². The van der Waals surface area contributed by atoms with Crippen LogP contribution < -0.4 is 20.7 Å². The van der Waals surface area contributed by atoms with Gasteiger partial charge in [0.05, 0.1) is 13.5 Å². The topological polar surface area (TPSA) is 106 Å². The van der Waals surface area contributed by atoms with Gasteiger partial charge in [-0.25, -0.2) is 4.79 Å². The molecule has 180 valence electrons. The maximum atomic E-state index is 12.5. The number of para-hydroxylation sites is 1. The molecule has 4 saturated carbocycles. The number of benzene rings is 1. The highest BCUT2D eigenvalue weighted by molar-refractivity contribution is 5.83. The molecule has 5 rings (SSSR count). The summed E-state index contributed by atoms with van der Waals surface area (Å²) in [5.41, 5.74) is 0.772. The monoisotopic (exact) mass is 457 g/mol. The van der Waals surface area contributed by atoms with Gasteiger partial charge in [0.1, 0.15) is 5.75 Å². The van der Waals surface area contributed by atoms with Gasteiger partial charge in [0, 0.05) is 24.2 Å². The molecule has 4 bridgehead atoms. The molecule has 1 aromatic carbocycles. The normalized spacial score (nSPS) is 28.0. The Morgan fingerprint density at radius 2 is 1.67 bits per heavy atom. The predicted molar refractivity (Wildman–Crippen MR) is 122 cm³/mol. The minimum atomic E-state index is -0.923. The van der Waals surface area contributed by atoms with Crippen LogP contribution in [0.3, 0.4) is 0 Å². The van der Waals surface area contributed by atoms with Crippen LogP contribution in [0.2, 0.25) is 0 Å². The smallest absolute Gasteiger partial charge is 0.315 e. The Balaban J connectivity index is 1.14. The zero-order valence-electron chi connectivity index (χ0n) is 19.5. The fraction of sp³-hybridized carbons (Fsp3) is 0.640. The van der Waals surface area contributed by atoms with Crippen molar-refractivity contribution in [2.24, 2.45) is 17.8 Å². The van der Waals surface area contributed by atoms with E-state index in [2.05, 4.69) is 16.0 Å². The van der Waals surface area contributed by atoms with E-state index in [1.54, 1.807) is 7.11 Å². The second-order valence-electron chi connectivity index (χ2n) is 9.99. The number of nitrogens with one attached hydrogen (secondary N) is 3. The number of carbonyl (C=O) groups excluding carboxylic acids is 3. The van der Waals surface area contributed by atoms with Crippen molar-refractivity contribution in [2.45, 2.75) is 70.1 Å². The molecule has 0 spiro atoms. The number of hydrogen-bond donors (Lipinski definition) is 3. The molecule has 8 heteroatoms. The lowest BCUT2D eigenvalue weighted by Crippen LogP contribution is -2.61. The number of esters is 1. The Hall–Kier alpha value is -2.77. The van der Waals surface area contributed by atoms with Crippen molar-refractivity contribution in [3.05, 3.63) is 29.8 Å². The van der Waals surface area contributed by atoms with Crippen LogP contribution in [-0.2, 0) is 20.9 Å². The van der Waals surface area contributed by atoms with Gasteiger partial charge in [0.15, 0.2) is 6.10 Å². The molecule has 4 fully saturated rings. The zero-order valence-corrected chi connectivity index (χ0v) is 19.5. The van der Waals surface area contributed by atoms with E-state index in [0.29, 0.717) is 5.75 Å². The van der Waals surface area contributed by atoms with Gasteiger partial charge in [0.2, 0.25) is 0 Å². The first-order valence-electron chi connectivity index (χ1n) is 12.0. The molecular weight excluding hydrogens is 422 g/mol. The molecule has 4 aliphatic rings. The number of rotatable bonds is 9. The highest BCUT2D eigenvalue weighted by atomic mass is 16.5. The summed E-state index contributed by atoms with van der Waals surface area (Å²) < 4.78 is 10.5. The molecule has 4 aliphatic carbocycles. The summed E-state index contributed by atoms with van der Waals surface area (Å²) in [5, 5.41) is 8.76. The summed E-state index contributed by atoms with van der Waals surface area (Å²) in [6.45, 7) is 1.98. The van der Waals surface area contributed by atoms with Crippen LogP contribution in [0.4, 0.5) is 4.79 Å². The van der Waals surface area contributed by atoms with Gasteiger partial charge in [-0.15, -0.1) is 0 Å². The first-order valence-corrected chi connectivity index (χ1v) is 12.0. The highest BCUT2D eigenvalue weighted by Gasteiger charge is 2.51. The van der Waals surface area contributed by atoms with Crippen molar-refractivity contribution >= 4 is 17.9 Å². The number of ether oxygens (including phenoxy) is 2. The Bertz CT molecular complexity index is 851. The van der Waals surface area contributed by atoms with E-state index < -0.39 is 12.1 Å².